The molecule has 0 radical (unpaired) electrons. The molecular weight excluding hydrogens is 548 g/mol. The first-order chi connectivity index (χ1) is 21.3. The zero-order valence-corrected chi connectivity index (χ0v) is 23.2. The van der Waals surface area contributed by atoms with Crippen molar-refractivity contribution in [2.75, 3.05) is 32.7 Å². The summed E-state index contributed by atoms with van der Waals surface area (Å²) in [5.74, 6) is 0. The Balaban J connectivity index is 1.73. The molecule has 0 heterocycles. The maximum atomic E-state index is 9.97. The van der Waals surface area contributed by atoms with E-state index in [0.29, 0.717) is 79.4 Å². The van der Waals surface area contributed by atoms with Gasteiger partial charge in [0.1, 0.15) is 12.1 Å². The van der Waals surface area contributed by atoms with Crippen molar-refractivity contribution in [2.24, 2.45) is 0 Å². The molecule has 0 aromatic heterocycles. The second-order valence-corrected chi connectivity index (χ2v) is 9.68. The van der Waals surface area contributed by atoms with Crippen LogP contribution in [0, 0.1) is 35.8 Å². The van der Waals surface area contributed by atoms with Crippen LogP contribution < -0.4 is 32.7 Å². The molecule has 0 amide bonds. The molecule has 0 saturated heterocycles. The molecule has 10 nitrogen and oxygen atoms in total. The van der Waals surface area contributed by atoms with Crippen molar-refractivity contribution in [3.63, 3.8) is 0 Å². The van der Waals surface area contributed by atoms with Gasteiger partial charge in [-0.2, -0.15) is 10.5 Å². The molecule has 44 heavy (non-hydrogen) atoms. The summed E-state index contributed by atoms with van der Waals surface area (Å²) < 4.78 is 0. The van der Waals surface area contributed by atoms with Gasteiger partial charge in [0, 0.05) is 34.1 Å². The monoisotopic (exact) mass is 572 g/mol. The van der Waals surface area contributed by atoms with Gasteiger partial charge < -0.3 is 32.7 Å². The third-order valence-corrected chi connectivity index (χ3v) is 6.85. The zero-order valence-electron chi connectivity index (χ0n) is 23.2. The van der Waals surface area contributed by atoms with E-state index in [4.69, 9.17) is 36.1 Å². The van der Waals surface area contributed by atoms with Crippen molar-refractivity contribution in [1.82, 2.24) is 0 Å². The van der Waals surface area contributed by atoms with E-state index in [2.05, 4.69) is 21.8 Å². The molecule has 0 bridgehead atoms. The van der Waals surface area contributed by atoms with Crippen molar-refractivity contribution in [3.05, 3.63) is 131 Å². The maximum absolute atomic E-state index is 9.97. The lowest BCUT2D eigenvalue weighted by atomic mass is 10.1. The summed E-state index contributed by atoms with van der Waals surface area (Å²) >= 11 is 0. The topological polar surface area (TPSA) is 167 Å². The fourth-order valence-corrected chi connectivity index (χ4v) is 4.88. The lowest BCUT2D eigenvalue weighted by molar-refractivity contribution is 1.24. The summed E-state index contributed by atoms with van der Waals surface area (Å²) in [5.41, 5.74) is 30.2. The lowest BCUT2D eigenvalue weighted by Gasteiger charge is -2.30. The smallest absolute Gasteiger partial charge is 0.212 e. The van der Waals surface area contributed by atoms with Gasteiger partial charge in [-0.05, 0) is 97.1 Å². The number of nitrogens with two attached hydrogens (primary N) is 4. The van der Waals surface area contributed by atoms with Crippen LogP contribution in [0.2, 0.25) is 0 Å². The van der Waals surface area contributed by atoms with Gasteiger partial charge in [0.05, 0.1) is 47.0 Å². The fraction of sp³-hybridized carbons (Fsp3) is 0. The minimum absolute atomic E-state index is 0.296. The van der Waals surface area contributed by atoms with Gasteiger partial charge in [0.25, 0.3) is 0 Å². The number of hydrogen-bond acceptors (Lipinski definition) is 8. The second kappa shape index (κ2) is 11.8. The molecule has 0 aliphatic carbocycles. The highest BCUT2D eigenvalue weighted by molar-refractivity contribution is 5.93. The van der Waals surface area contributed by atoms with Crippen LogP contribution in [-0.2, 0) is 0 Å². The van der Waals surface area contributed by atoms with Gasteiger partial charge in [-0.15, -0.1) is 0 Å². The van der Waals surface area contributed by atoms with Crippen molar-refractivity contribution in [2.45, 2.75) is 0 Å². The standard InChI is InChI=1S/C34H24N10/c1-41-29-17-25(39)5-13-33(29)44(34-14-6-26(40)18-30(34)42-2)28-9-7-27(8-10-28)43(31-11-3-23(37)15-21(31)19-35)32-12-4-24(38)16-22(32)20-36/h3-18H,37-40H2. The van der Waals surface area contributed by atoms with Gasteiger partial charge in [0.15, 0.2) is 0 Å². The Labute approximate surface area is 254 Å². The van der Waals surface area contributed by atoms with Crippen LogP contribution >= 0.6 is 0 Å². The van der Waals surface area contributed by atoms with E-state index in [9.17, 15) is 10.5 Å². The fourth-order valence-electron chi connectivity index (χ4n) is 4.88. The SMILES string of the molecule is [C-]#[N+]c1cc(N)ccc1N(c1ccc(N(c2ccc(N)cc2C#N)c2ccc(N)cc2C#N)cc1)c1ccc(N)cc1[N+]#[C-]. The molecule has 210 valence electrons. The van der Waals surface area contributed by atoms with Crippen LogP contribution in [0.1, 0.15) is 11.1 Å². The Bertz CT molecular complexity index is 1800. The molecule has 0 aliphatic rings. The molecule has 8 N–H and O–H groups in total. The molecule has 5 rings (SSSR count). The van der Waals surface area contributed by atoms with E-state index >= 15 is 0 Å². The normalized spacial score (nSPS) is 10.1. The van der Waals surface area contributed by atoms with Gasteiger partial charge in [-0.25, -0.2) is 9.69 Å². The summed E-state index contributed by atoms with van der Waals surface area (Å²) in [7, 11) is 0. The van der Waals surface area contributed by atoms with Crippen molar-refractivity contribution >= 4 is 68.2 Å². The third kappa shape index (κ3) is 5.30. The van der Waals surface area contributed by atoms with E-state index < -0.39 is 0 Å². The highest BCUT2D eigenvalue weighted by Crippen LogP contribution is 2.46. The number of nitriles is 2. The Hall–Kier alpha value is -7.14. The van der Waals surface area contributed by atoms with E-state index in [-0.39, 0.29) is 0 Å². The van der Waals surface area contributed by atoms with E-state index in [1.54, 1.807) is 82.6 Å². The summed E-state index contributed by atoms with van der Waals surface area (Å²) in [6.07, 6.45) is 0. The largest absolute Gasteiger partial charge is 0.400 e. The number of benzene rings is 5. The molecule has 0 fully saturated rings. The van der Waals surface area contributed by atoms with Gasteiger partial charge >= 0.3 is 0 Å². The number of rotatable bonds is 6. The number of anilines is 10. The summed E-state index contributed by atoms with van der Waals surface area (Å²) in [4.78, 5) is 11.0. The Morgan fingerprint density at radius 3 is 1.14 bits per heavy atom. The average molecular weight is 573 g/mol. The number of nitrogens with zero attached hydrogens (tertiary/aromatic N) is 6. The highest BCUT2D eigenvalue weighted by atomic mass is 15.2. The molecule has 5 aromatic rings. The number of nitrogen functional groups attached to an aromatic ring is 4. The predicted octanol–water partition coefficient (Wildman–Crippen LogP) is 7.80. The van der Waals surface area contributed by atoms with E-state index in [1.165, 1.54) is 0 Å². The van der Waals surface area contributed by atoms with Gasteiger partial charge in [0.2, 0.25) is 11.4 Å². The summed E-state index contributed by atoms with van der Waals surface area (Å²) in [6.45, 7) is 15.6. The second-order valence-electron chi connectivity index (χ2n) is 9.68. The van der Waals surface area contributed by atoms with Crippen molar-refractivity contribution in [1.29, 1.82) is 10.5 Å². The van der Waals surface area contributed by atoms with Crippen LogP contribution in [-0.4, -0.2) is 0 Å². The Morgan fingerprint density at radius 1 is 0.477 bits per heavy atom. The molecule has 10 heteroatoms. The first-order valence-corrected chi connectivity index (χ1v) is 13.1. The molecule has 0 spiro atoms. The first-order valence-electron chi connectivity index (χ1n) is 13.1. The maximum Gasteiger partial charge on any atom is 0.212 e. The Morgan fingerprint density at radius 2 is 0.795 bits per heavy atom. The summed E-state index contributed by atoms with van der Waals surface area (Å²) in [6, 6.07) is 31.6. The number of hydrogen-bond donors (Lipinski definition) is 4. The highest BCUT2D eigenvalue weighted by Gasteiger charge is 2.23. The van der Waals surface area contributed by atoms with Crippen LogP contribution in [0.3, 0.4) is 0 Å². The molecule has 0 unspecified atom stereocenters. The molecule has 0 atom stereocenters. The minimum Gasteiger partial charge on any atom is -0.400 e. The lowest BCUT2D eigenvalue weighted by Crippen LogP contribution is -2.14. The van der Waals surface area contributed by atoms with Crippen LogP contribution in [0.4, 0.5) is 68.2 Å². The predicted molar refractivity (Wildman–Crippen MR) is 175 cm³/mol. The zero-order chi connectivity index (χ0) is 31.4. The molecule has 5 aromatic carbocycles. The minimum atomic E-state index is 0.296. The molecule has 0 aliphatic heterocycles. The average Bonchev–Trinajstić information content (AvgIpc) is 3.04. The Kier molecular flexibility index (Phi) is 7.59. The van der Waals surface area contributed by atoms with E-state index in [1.807, 2.05) is 24.3 Å². The third-order valence-electron chi connectivity index (χ3n) is 6.85. The van der Waals surface area contributed by atoms with Gasteiger partial charge in [-0.1, -0.05) is 0 Å². The first kappa shape index (κ1) is 28.4. The van der Waals surface area contributed by atoms with Crippen LogP contribution in [0.25, 0.3) is 9.69 Å². The van der Waals surface area contributed by atoms with Crippen LogP contribution in [0.5, 0.6) is 0 Å². The molecular formula is C34H24N10. The van der Waals surface area contributed by atoms with Crippen molar-refractivity contribution < 1.29 is 0 Å². The summed E-state index contributed by atoms with van der Waals surface area (Å²) in [5, 5.41) is 19.9. The molecule has 0 saturated carbocycles. The quantitative estimate of drug-likeness (QED) is 0.118. The van der Waals surface area contributed by atoms with Crippen LogP contribution in [0.15, 0.2) is 97.1 Å². The van der Waals surface area contributed by atoms with E-state index in [0.717, 1.165) is 0 Å². The van der Waals surface area contributed by atoms with Gasteiger partial charge in [-0.3, -0.25) is 0 Å². The van der Waals surface area contributed by atoms with Crippen molar-refractivity contribution in [3.8, 4) is 12.1 Å².